The first-order valence-electron chi connectivity index (χ1n) is 10.8. The van der Waals surface area contributed by atoms with E-state index in [9.17, 15) is 22.8 Å². The standard InChI is InChI=1S/C20H33N3O3.C2HF3O2/c1-17-10-12-18(13-11-17)16-21-14-6-7-15-22-19(24)8-4-2-3-5-9-20(25)23-26;3-2(4,5)1(6)7/h10-13,21,26H,2-9,14-16H2,1H3,(H,22,24)(H,23,25);(H,6,7). The summed E-state index contributed by atoms with van der Waals surface area (Å²) in [5.74, 6) is -3.01. The summed E-state index contributed by atoms with van der Waals surface area (Å²) in [7, 11) is 0. The van der Waals surface area contributed by atoms with Crippen molar-refractivity contribution in [3.05, 3.63) is 35.4 Å². The summed E-state index contributed by atoms with van der Waals surface area (Å²) in [6, 6.07) is 8.53. The van der Waals surface area contributed by atoms with Gasteiger partial charge in [-0.05, 0) is 44.7 Å². The number of carbonyl (C=O) groups is 3. The Kier molecular flexibility index (Phi) is 16.4. The van der Waals surface area contributed by atoms with Gasteiger partial charge in [-0.1, -0.05) is 42.7 Å². The minimum Gasteiger partial charge on any atom is -0.475 e. The van der Waals surface area contributed by atoms with E-state index in [1.54, 1.807) is 5.48 Å². The van der Waals surface area contributed by atoms with Crippen molar-refractivity contribution in [2.24, 2.45) is 0 Å². The molecule has 0 bridgehead atoms. The number of amides is 2. The third-order valence-corrected chi connectivity index (χ3v) is 4.48. The van der Waals surface area contributed by atoms with E-state index < -0.39 is 12.1 Å². The van der Waals surface area contributed by atoms with Crippen LogP contribution in [0.25, 0.3) is 0 Å². The van der Waals surface area contributed by atoms with Gasteiger partial charge in [0.05, 0.1) is 0 Å². The van der Waals surface area contributed by atoms with Crippen molar-refractivity contribution in [3.8, 4) is 0 Å². The molecule has 1 aromatic rings. The van der Waals surface area contributed by atoms with Gasteiger partial charge in [0.1, 0.15) is 0 Å². The molecule has 188 valence electrons. The minimum atomic E-state index is -5.08. The largest absolute Gasteiger partial charge is 0.490 e. The zero-order valence-corrected chi connectivity index (χ0v) is 18.8. The van der Waals surface area contributed by atoms with E-state index in [0.717, 1.165) is 58.2 Å². The van der Waals surface area contributed by atoms with Crippen LogP contribution in [0.1, 0.15) is 62.5 Å². The van der Waals surface area contributed by atoms with Crippen LogP contribution in [0.15, 0.2) is 24.3 Å². The maximum absolute atomic E-state index is 11.7. The summed E-state index contributed by atoms with van der Waals surface area (Å²) < 4.78 is 31.7. The van der Waals surface area contributed by atoms with Gasteiger partial charge in [-0.3, -0.25) is 14.8 Å². The molecule has 0 aliphatic carbocycles. The second-order valence-corrected chi connectivity index (χ2v) is 7.47. The lowest BCUT2D eigenvalue weighted by molar-refractivity contribution is -0.192. The molecular formula is C22H34F3N3O5. The fourth-order valence-electron chi connectivity index (χ4n) is 2.61. The topological polar surface area (TPSA) is 128 Å². The molecule has 0 radical (unpaired) electrons. The molecular weight excluding hydrogens is 443 g/mol. The molecule has 8 nitrogen and oxygen atoms in total. The van der Waals surface area contributed by atoms with E-state index in [0.29, 0.717) is 12.8 Å². The molecule has 0 aromatic heterocycles. The fourth-order valence-corrected chi connectivity index (χ4v) is 2.61. The molecule has 2 amide bonds. The zero-order chi connectivity index (χ0) is 25.1. The Morgan fingerprint density at radius 2 is 1.36 bits per heavy atom. The maximum atomic E-state index is 11.7. The number of alkyl halides is 3. The van der Waals surface area contributed by atoms with Crippen molar-refractivity contribution >= 4 is 17.8 Å². The highest BCUT2D eigenvalue weighted by Gasteiger charge is 2.38. The summed E-state index contributed by atoms with van der Waals surface area (Å²) in [6.07, 6.45) is 1.21. The number of benzene rings is 1. The monoisotopic (exact) mass is 477 g/mol. The van der Waals surface area contributed by atoms with Gasteiger partial charge >= 0.3 is 12.1 Å². The van der Waals surface area contributed by atoms with Gasteiger partial charge in [-0.2, -0.15) is 13.2 Å². The van der Waals surface area contributed by atoms with Gasteiger partial charge in [0, 0.05) is 25.9 Å². The van der Waals surface area contributed by atoms with Crippen LogP contribution < -0.4 is 16.1 Å². The Hall–Kier alpha value is -2.66. The van der Waals surface area contributed by atoms with Crippen LogP contribution >= 0.6 is 0 Å². The molecule has 1 aromatic carbocycles. The molecule has 1 rings (SSSR count). The Bertz CT molecular complexity index is 698. The molecule has 5 N–H and O–H groups in total. The zero-order valence-electron chi connectivity index (χ0n) is 18.8. The van der Waals surface area contributed by atoms with Crippen molar-refractivity contribution in [2.45, 2.75) is 71.0 Å². The van der Waals surface area contributed by atoms with Crippen LogP contribution in [0.2, 0.25) is 0 Å². The van der Waals surface area contributed by atoms with E-state index in [1.165, 1.54) is 11.1 Å². The summed E-state index contributed by atoms with van der Waals surface area (Å²) in [4.78, 5) is 31.4. The lowest BCUT2D eigenvalue weighted by Crippen LogP contribution is -2.25. The first-order chi connectivity index (χ1) is 15.6. The summed E-state index contributed by atoms with van der Waals surface area (Å²) in [5, 5.41) is 21.9. The number of halogens is 3. The highest BCUT2D eigenvalue weighted by atomic mass is 19.4. The van der Waals surface area contributed by atoms with Crippen LogP contribution in [0.3, 0.4) is 0 Å². The first-order valence-corrected chi connectivity index (χ1v) is 10.8. The van der Waals surface area contributed by atoms with Gasteiger partial charge in [-0.25, -0.2) is 10.3 Å². The second kappa shape index (κ2) is 17.8. The molecule has 0 atom stereocenters. The lowest BCUT2D eigenvalue weighted by atomic mass is 10.1. The summed E-state index contributed by atoms with van der Waals surface area (Å²) in [5.41, 5.74) is 4.19. The molecule has 0 fully saturated rings. The van der Waals surface area contributed by atoms with Crippen LogP contribution in [-0.2, 0) is 20.9 Å². The first kappa shape index (κ1) is 30.3. The SMILES string of the molecule is Cc1ccc(CNCCCCNC(=O)CCCCCCC(=O)NO)cc1.O=C(O)C(F)(F)F. The van der Waals surface area contributed by atoms with Gasteiger partial charge in [0.25, 0.3) is 0 Å². The van der Waals surface area contributed by atoms with E-state index in [2.05, 4.69) is 41.8 Å². The molecule has 0 saturated heterocycles. The van der Waals surface area contributed by atoms with Gasteiger partial charge in [-0.15, -0.1) is 0 Å². The molecule has 0 spiro atoms. The third-order valence-electron chi connectivity index (χ3n) is 4.48. The molecule has 0 aliphatic rings. The highest BCUT2D eigenvalue weighted by molar-refractivity contribution is 5.75. The molecule has 0 aliphatic heterocycles. The van der Waals surface area contributed by atoms with E-state index >= 15 is 0 Å². The molecule has 11 heteroatoms. The second-order valence-electron chi connectivity index (χ2n) is 7.47. The van der Waals surface area contributed by atoms with Crippen molar-refractivity contribution in [1.82, 2.24) is 16.1 Å². The highest BCUT2D eigenvalue weighted by Crippen LogP contribution is 2.13. The van der Waals surface area contributed by atoms with Crippen molar-refractivity contribution in [1.29, 1.82) is 0 Å². The van der Waals surface area contributed by atoms with Crippen LogP contribution in [-0.4, -0.2) is 47.4 Å². The molecule has 33 heavy (non-hydrogen) atoms. The van der Waals surface area contributed by atoms with E-state index in [-0.39, 0.29) is 11.8 Å². The normalized spacial score (nSPS) is 10.7. The number of hydroxylamine groups is 1. The average Bonchev–Trinajstić information content (AvgIpc) is 2.76. The average molecular weight is 478 g/mol. The van der Waals surface area contributed by atoms with Gasteiger partial charge in [0.15, 0.2) is 0 Å². The number of hydrogen-bond acceptors (Lipinski definition) is 5. The molecule has 0 saturated carbocycles. The van der Waals surface area contributed by atoms with Gasteiger partial charge < -0.3 is 15.7 Å². The van der Waals surface area contributed by atoms with Crippen molar-refractivity contribution in [2.75, 3.05) is 13.1 Å². The number of rotatable bonds is 14. The van der Waals surface area contributed by atoms with Crippen LogP contribution in [0.4, 0.5) is 13.2 Å². The fraction of sp³-hybridized carbons (Fsp3) is 0.591. The summed E-state index contributed by atoms with van der Waals surface area (Å²) in [6.45, 7) is 4.64. The number of hydrogen-bond donors (Lipinski definition) is 5. The van der Waals surface area contributed by atoms with E-state index in [4.69, 9.17) is 15.1 Å². The smallest absolute Gasteiger partial charge is 0.475 e. The van der Waals surface area contributed by atoms with Crippen LogP contribution in [0, 0.1) is 6.92 Å². The number of carboxylic acid groups (broad SMARTS) is 1. The van der Waals surface area contributed by atoms with Crippen LogP contribution in [0.5, 0.6) is 0 Å². The predicted molar refractivity (Wildman–Crippen MR) is 116 cm³/mol. The quantitative estimate of drug-likeness (QED) is 0.159. The number of aryl methyl sites for hydroxylation is 1. The number of unbranched alkanes of at least 4 members (excludes halogenated alkanes) is 4. The Balaban J connectivity index is 0.00000126. The number of carboxylic acids is 1. The predicted octanol–water partition coefficient (Wildman–Crippen LogP) is 3.46. The maximum Gasteiger partial charge on any atom is 0.490 e. The molecule has 0 unspecified atom stereocenters. The number of carbonyl (C=O) groups excluding carboxylic acids is 2. The lowest BCUT2D eigenvalue weighted by Gasteiger charge is -2.07. The Labute approximate surface area is 191 Å². The Morgan fingerprint density at radius 1 is 0.848 bits per heavy atom. The van der Waals surface area contributed by atoms with Crippen molar-refractivity contribution in [3.63, 3.8) is 0 Å². The summed E-state index contributed by atoms with van der Waals surface area (Å²) >= 11 is 0. The van der Waals surface area contributed by atoms with Crippen molar-refractivity contribution < 1.29 is 37.9 Å². The van der Waals surface area contributed by atoms with E-state index in [1.807, 2.05) is 0 Å². The molecule has 0 heterocycles. The Morgan fingerprint density at radius 3 is 1.88 bits per heavy atom. The number of aliphatic carboxylic acids is 1. The third kappa shape index (κ3) is 18.6. The number of nitrogens with one attached hydrogen (secondary N) is 3. The van der Waals surface area contributed by atoms with Gasteiger partial charge in [0.2, 0.25) is 11.8 Å². The minimum absolute atomic E-state index is 0.103.